The van der Waals surface area contributed by atoms with Gasteiger partial charge in [-0.25, -0.2) is 4.98 Å². The van der Waals surface area contributed by atoms with Gasteiger partial charge in [-0.3, -0.25) is 0 Å². The van der Waals surface area contributed by atoms with Gasteiger partial charge in [0.25, 0.3) is 0 Å². The first kappa shape index (κ1) is 14.2. The molecule has 0 spiro atoms. The Balaban J connectivity index is 1.91. The number of fused-ring (bicyclic) bond motifs is 1. The molecule has 2 aromatic rings. The predicted octanol–water partition coefficient (Wildman–Crippen LogP) is 3.98. The molecular formula is C17H20ClN3. The van der Waals surface area contributed by atoms with E-state index in [0.717, 1.165) is 36.0 Å². The Morgan fingerprint density at radius 3 is 2.90 bits per heavy atom. The summed E-state index contributed by atoms with van der Waals surface area (Å²) in [6.45, 7) is 4.08. The maximum atomic E-state index is 6.32. The summed E-state index contributed by atoms with van der Waals surface area (Å²) in [7, 11) is 1.87. The third-order valence-corrected chi connectivity index (χ3v) is 4.29. The molecule has 1 aromatic carbocycles. The number of nitrogens with zero attached hydrogens (tertiary/aromatic N) is 2. The van der Waals surface area contributed by atoms with Crippen LogP contribution in [-0.4, -0.2) is 18.6 Å². The molecule has 2 heterocycles. The molecule has 0 aliphatic carbocycles. The second-order valence-electron chi connectivity index (χ2n) is 5.69. The van der Waals surface area contributed by atoms with Crippen molar-refractivity contribution in [3.8, 4) is 0 Å². The minimum Gasteiger partial charge on any atom is -0.373 e. The van der Waals surface area contributed by atoms with Crippen molar-refractivity contribution < 1.29 is 0 Å². The van der Waals surface area contributed by atoms with Gasteiger partial charge < -0.3 is 10.2 Å². The maximum Gasteiger partial charge on any atom is 0.126 e. The van der Waals surface area contributed by atoms with E-state index in [1.165, 1.54) is 11.3 Å². The second-order valence-corrected chi connectivity index (χ2v) is 6.10. The normalized spacial score (nSPS) is 17.5. The van der Waals surface area contributed by atoms with Gasteiger partial charge in [-0.2, -0.15) is 0 Å². The highest BCUT2D eigenvalue weighted by Crippen LogP contribution is 2.31. The summed E-state index contributed by atoms with van der Waals surface area (Å²) < 4.78 is 0. The molecule has 1 aliphatic heterocycles. The summed E-state index contributed by atoms with van der Waals surface area (Å²) in [6.07, 6.45) is 1.14. The van der Waals surface area contributed by atoms with Crippen LogP contribution in [0, 0.1) is 5.92 Å². The van der Waals surface area contributed by atoms with Crippen LogP contribution in [0.3, 0.4) is 0 Å². The van der Waals surface area contributed by atoms with Crippen LogP contribution in [0.4, 0.5) is 11.5 Å². The van der Waals surface area contributed by atoms with Crippen molar-refractivity contribution >= 4 is 23.1 Å². The third-order valence-electron chi connectivity index (χ3n) is 3.95. The van der Waals surface area contributed by atoms with Crippen molar-refractivity contribution in [1.82, 2.24) is 4.98 Å². The van der Waals surface area contributed by atoms with Gasteiger partial charge in [0.15, 0.2) is 0 Å². The molecule has 0 fully saturated rings. The zero-order valence-electron chi connectivity index (χ0n) is 12.4. The summed E-state index contributed by atoms with van der Waals surface area (Å²) in [5.74, 6) is 1.50. The smallest absolute Gasteiger partial charge is 0.126 e. The van der Waals surface area contributed by atoms with Gasteiger partial charge in [-0.1, -0.05) is 36.7 Å². The minimum atomic E-state index is 0.645. The molecule has 1 N–H and O–H groups in total. The molecule has 4 heteroatoms. The molecule has 3 nitrogen and oxygen atoms in total. The van der Waals surface area contributed by atoms with E-state index in [9.17, 15) is 0 Å². The van der Waals surface area contributed by atoms with Crippen molar-refractivity contribution in [2.75, 3.05) is 23.8 Å². The molecule has 0 bridgehead atoms. The average Bonchev–Trinajstić information content (AvgIpc) is 2.49. The first-order valence-electron chi connectivity index (χ1n) is 7.33. The fourth-order valence-electron chi connectivity index (χ4n) is 2.97. The number of benzene rings is 1. The van der Waals surface area contributed by atoms with Crippen molar-refractivity contribution in [3.63, 3.8) is 0 Å². The highest BCUT2D eigenvalue weighted by molar-refractivity contribution is 6.31. The molecule has 1 atom stereocenters. The minimum absolute atomic E-state index is 0.645. The summed E-state index contributed by atoms with van der Waals surface area (Å²) >= 11 is 6.32. The lowest BCUT2D eigenvalue weighted by molar-refractivity contribution is 0.528. The van der Waals surface area contributed by atoms with E-state index in [4.69, 9.17) is 11.6 Å². The molecule has 0 saturated heterocycles. The molecule has 0 amide bonds. The number of hydrogen-bond acceptors (Lipinski definition) is 3. The Labute approximate surface area is 131 Å². The van der Waals surface area contributed by atoms with E-state index in [0.29, 0.717) is 5.92 Å². The van der Waals surface area contributed by atoms with Crippen LogP contribution in [0.1, 0.15) is 18.2 Å². The van der Waals surface area contributed by atoms with Crippen molar-refractivity contribution in [2.45, 2.75) is 19.9 Å². The predicted molar refractivity (Wildman–Crippen MR) is 89.2 cm³/mol. The summed E-state index contributed by atoms with van der Waals surface area (Å²) in [5, 5.41) is 3.80. The lowest BCUT2D eigenvalue weighted by Crippen LogP contribution is -2.34. The fraction of sp³-hybridized carbons (Fsp3) is 0.353. The van der Waals surface area contributed by atoms with Gasteiger partial charge in [0, 0.05) is 19.3 Å². The molecule has 0 radical (unpaired) electrons. The maximum absolute atomic E-state index is 6.32. The molecular weight excluding hydrogens is 282 g/mol. The fourth-order valence-corrected chi connectivity index (χ4v) is 3.14. The van der Waals surface area contributed by atoms with Crippen LogP contribution >= 0.6 is 11.6 Å². The van der Waals surface area contributed by atoms with Gasteiger partial charge in [0.2, 0.25) is 0 Å². The SMILES string of the molecule is CNc1ccc(Cl)c(CN2CC(C)Cc3ccccc32)n1. The van der Waals surface area contributed by atoms with Crippen LogP contribution < -0.4 is 10.2 Å². The van der Waals surface area contributed by atoms with E-state index in [-0.39, 0.29) is 0 Å². The topological polar surface area (TPSA) is 28.2 Å². The number of hydrogen-bond donors (Lipinski definition) is 1. The third kappa shape index (κ3) is 2.98. The molecule has 1 aliphatic rings. The van der Waals surface area contributed by atoms with Crippen LogP contribution in [0.5, 0.6) is 0 Å². The molecule has 3 rings (SSSR count). The number of anilines is 2. The van der Waals surface area contributed by atoms with E-state index in [1.807, 2.05) is 19.2 Å². The number of rotatable bonds is 3. The van der Waals surface area contributed by atoms with Crippen LogP contribution in [0.25, 0.3) is 0 Å². The van der Waals surface area contributed by atoms with Gasteiger partial charge in [-0.05, 0) is 36.1 Å². The number of pyridine rings is 1. The van der Waals surface area contributed by atoms with Gasteiger partial charge in [0.05, 0.1) is 17.3 Å². The Morgan fingerprint density at radius 2 is 2.10 bits per heavy atom. The van der Waals surface area contributed by atoms with Gasteiger partial charge in [0.1, 0.15) is 5.82 Å². The van der Waals surface area contributed by atoms with Gasteiger partial charge >= 0.3 is 0 Å². The van der Waals surface area contributed by atoms with Crippen molar-refractivity contribution in [3.05, 3.63) is 52.7 Å². The quantitative estimate of drug-likeness (QED) is 0.929. The van der Waals surface area contributed by atoms with Crippen LogP contribution in [-0.2, 0) is 13.0 Å². The van der Waals surface area contributed by atoms with Crippen molar-refractivity contribution in [2.24, 2.45) is 5.92 Å². The van der Waals surface area contributed by atoms with E-state index in [2.05, 4.69) is 46.4 Å². The van der Waals surface area contributed by atoms with Crippen LogP contribution in [0.2, 0.25) is 5.02 Å². The molecule has 1 unspecified atom stereocenters. The Hall–Kier alpha value is -1.74. The van der Waals surface area contributed by atoms with E-state index >= 15 is 0 Å². The average molecular weight is 302 g/mol. The van der Waals surface area contributed by atoms with E-state index in [1.54, 1.807) is 0 Å². The summed E-state index contributed by atoms with van der Waals surface area (Å²) in [5.41, 5.74) is 3.65. The zero-order chi connectivity index (χ0) is 14.8. The molecule has 0 saturated carbocycles. The highest BCUT2D eigenvalue weighted by atomic mass is 35.5. The standard InChI is InChI=1S/C17H20ClN3/c1-12-9-13-5-3-4-6-16(13)21(10-12)11-15-14(18)7-8-17(19-2)20-15/h3-8,12H,9-11H2,1-2H3,(H,19,20). The van der Waals surface area contributed by atoms with Crippen molar-refractivity contribution in [1.29, 1.82) is 0 Å². The number of para-hydroxylation sites is 1. The zero-order valence-corrected chi connectivity index (χ0v) is 13.2. The molecule has 21 heavy (non-hydrogen) atoms. The number of halogens is 1. The molecule has 110 valence electrons. The summed E-state index contributed by atoms with van der Waals surface area (Å²) in [6, 6.07) is 12.4. The Kier molecular flexibility index (Phi) is 4.02. The number of nitrogens with one attached hydrogen (secondary N) is 1. The lowest BCUT2D eigenvalue weighted by Gasteiger charge is -2.34. The van der Waals surface area contributed by atoms with Gasteiger partial charge in [-0.15, -0.1) is 0 Å². The first-order chi connectivity index (χ1) is 10.2. The Morgan fingerprint density at radius 1 is 1.29 bits per heavy atom. The first-order valence-corrected chi connectivity index (χ1v) is 7.71. The highest BCUT2D eigenvalue weighted by Gasteiger charge is 2.22. The molecule has 1 aromatic heterocycles. The lowest BCUT2D eigenvalue weighted by atomic mass is 9.94. The van der Waals surface area contributed by atoms with Crippen LogP contribution in [0.15, 0.2) is 36.4 Å². The summed E-state index contributed by atoms with van der Waals surface area (Å²) in [4.78, 5) is 6.98. The van der Waals surface area contributed by atoms with E-state index < -0.39 is 0 Å². The largest absolute Gasteiger partial charge is 0.373 e. The monoisotopic (exact) mass is 301 g/mol. The second kappa shape index (κ2) is 5.94. The Bertz CT molecular complexity index is 642. The number of aromatic nitrogens is 1.